The molecule has 0 aromatic heterocycles. The molecule has 2 aromatic rings. The molecule has 2 aromatic carbocycles. The van der Waals surface area contributed by atoms with E-state index in [0.29, 0.717) is 28.7 Å². The zero-order valence-corrected chi connectivity index (χ0v) is 13.3. The lowest BCUT2D eigenvalue weighted by Crippen LogP contribution is -2.38. The number of nitrogens with zero attached hydrogens (tertiary/aromatic N) is 1. The Morgan fingerprint density at radius 2 is 2.13 bits per heavy atom. The molecule has 1 N–H and O–H groups in total. The van der Waals surface area contributed by atoms with Gasteiger partial charge in [-0.25, -0.2) is 0 Å². The molecule has 6 heteroatoms. The van der Waals surface area contributed by atoms with Crippen molar-refractivity contribution >= 4 is 34.8 Å². The Balaban J connectivity index is 1.94. The fraction of sp³-hybridized carbons (Fsp3) is 0.176. The lowest BCUT2D eigenvalue weighted by Gasteiger charge is -2.30. The Kier molecular flexibility index (Phi) is 4.21. The molecule has 23 heavy (non-hydrogen) atoms. The number of carbonyl (C=O) groups is 2. The van der Waals surface area contributed by atoms with E-state index >= 15 is 0 Å². The van der Waals surface area contributed by atoms with Gasteiger partial charge in [-0.3, -0.25) is 9.59 Å². The van der Waals surface area contributed by atoms with Gasteiger partial charge in [0.15, 0.2) is 6.61 Å². The molecule has 0 unspecified atom stereocenters. The number of anilines is 2. The standard InChI is InChI=1S/C17H15ClN2O3/c1-11(21)19-14-5-6-16-15(8-14)20(17(22)10-23-16)9-12-3-2-4-13(18)7-12/h2-8H,9-10H2,1H3,(H,19,21). The average Bonchev–Trinajstić information content (AvgIpc) is 2.50. The number of ether oxygens (including phenoxy) is 1. The first kappa shape index (κ1) is 15.4. The third-order valence-electron chi connectivity index (χ3n) is 3.45. The van der Waals surface area contributed by atoms with Gasteiger partial charge in [-0.2, -0.15) is 0 Å². The van der Waals surface area contributed by atoms with Gasteiger partial charge in [0, 0.05) is 17.6 Å². The molecule has 118 valence electrons. The van der Waals surface area contributed by atoms with Crippen LogP contribution in [0.25, 0.3) is 0 Å². The van der Waals surface area contributed by atoms with Crippen molar-refractivity contribution in [3.63, 3.8) is 0 Å². The zero-order valence-electron chi connectivity index (χ0n) is 12.5. The van der Waals surface area contributed by atoms with Crippen LogP contribution in [0.15, 0.2) is 42.5 Å². The van der Waals surface area contributed by atoms with E-state index in [1.807, 2.05) is 18.2 Å². The number of carbonyl (C=O) groups excluding carboxylic acids is 2. The highest BCUT2D eigenvalue weighted by Crippen LogP contribution is 2.35. The number of hydrogen-bond acceptors (Lipinski definition) is 3. The van der Waals surface area contributed by atoms with Gasteiger partial charge in [0.05, 0.1) is 12.2 Å². The largest absolute Gasteiger partial charge is 0.482 e. The minimum absolute atomic E-state index is 0.00690. The summed E-state index contributed by atoms with van der Waals surface area (Å²) < 4.78 is 5.46. The highest BCUT2D eigenvalue weighted by Gasteiger charge is 2.26. The molecule has 0 aliphatic carbocycles. The molecule has 0 fully saturated rings. The predicted molar refractivity (Wildman–Crippen MR) is 88.9 cm³/mol. The van der Waals surface area contributed by atoms with E-state index in [1.54, 1.807) is 29.2 Å². The number of halogens is 1. The Hall–Kier alpha value is -2.53. The molecule has 0 spiro atoms. The van der Waals surface area contributed by atoms with Gasteiger partial charge in [-0.15, -0.1) is 0 Å². The van der Waals surface area contributed by atoms with Crippen molar-refractivity contribution < 1.29 is 14.3 Å². The lowest BCUT2D eigenvalue weighted by molar-refractivity contribution is -0.121. The van der Waals surface area contributed by atoms with Gasteiger partial charge in [-0.05, 0) is 35.9 Å². The van der Waals surface area contributed by atoms with Crippen LogP contribution in [0.2, 0.25) is 5.02 Å². The molecule has 0 bridgehead atoms. The number of hydrogen-bond donors (Lipinski definition) is 1. The van der Waals surface area contributed by atoms with Crippen molar-refractivity contribution in [3.8, 4) is 5.75 Å². The summed E-state index contributed by atoms with van der Waals surface area (Å²) >= 11 is 6.01. The molecular formula is C17H15ClN2O3. The van der Waals surface area contributed by atoms with Gasteiger partial charge < -0.3 is 15.0 Å². The van der Waals surface area contributed by atoms with Crippen LogP contribution in [0.1, 0.15) is 12.5 Å². The molecule has 3 rings (SSSR count). The van der Waals surface area contributed by atoms with Crippen molar-refractivity contribution in [2.24, 2.45) is 0 Å². The number of fused-ring (bicyclic) bond motifs is 1. The summed E-state index contributed by atoms with van der Waals surface area (Å²) in [4.78, 5) is 25.1. The Bertz CT molecular complexity index is 776. The van der Waals surface area contributed by atoms with Gasteiger partial charge in [0.25, 0.3) is 5.91 Å². The van der Waals surface area contributed by atoms with Crippen LogP contribution in [0.3, 0.4) is 0 Å². The predicted octanol–water partition coefficient (Wildman–Crippen LogP) is 3.22. The molecule has 5 nitrogen and oxygen atoms in total. The van der Waals surface area contributed by atoms with E-state index in [2.05, 4.69) is 5.32 Å². The smallest absolute Gasteiger partial charge is 0.265 e. The fourth-order valence-electron chi connectivity index (χ4n) is 2.47. The van der Waals surface area contributed by atoms with Crippen molar-refractivity contribution in [2.45, 2.75) is 13.5 Å². The van der Waals surface area contributed by atoms with E-state index in [-0.39, 0.29) is 18.4 Å². The van der Waals surface area contributed by atoms with E-state index in [1.165, 1.54) is 6.92 Å². The van der Waals surface area contributed by atoms with Crippen LogP contribution in [0, 0.1) is 0 Å². The summed E-state index contributed by atoms with van der Waals surface area (Å²) in [5.74, 6) is 0.299. The van der Waals surface area contributed by atoms with Crippen LogP contribution in [0.5, 0.6) is 5.75 Å². The molecule has 1 aliphatic rings. The second kappa shape index (κ2) is 6.30. The lowest BCUT2D eigenvalue weighted by atomic mass is 10.1. The Labute approximate surface area is 138 Å². The quantitative estimate of drug-likeness (QED) is 0.940. The zero-order chi connectivity index (χ0) is 16.4. The average molecular weight is 331 g/mol. The minimum Gasteiger partial charge on any atom is -0.482 e. The van der Waals surface area contributed by atoms with Crippen molar-refractivity contribution in [3.05, 3.63) is 53.1 Å². The van der Waals surface area contributed by atoms with Gasteiger partial charge in [0.2, 0.25) is 5.91 Å². The third kappa shape index (κ3) is 3.46. The normalized spacial score (nSPS) is 13.3. The Morgan fingerprint density at radius 1 is 1.30 bits per heavy atom. The first-order valence-electron chi connectivity index (χ1n) is 7.12. The summed E-state index contributed by atoms with van der Waals surface area (Å²) in [6, 6.07) is 12.6. The molecule has 1 aliphatic heterocycles. The highest BCUT2D eigenvalue weighted by atomic mass is 35.5. The maximum atomic E-state index is 12.3. The molecule has 0 atom stereocenters. The van der Waals surface area contributed by atoms with E-state index in [0.717, 1.165) is 5.56 Å². The minimum atomic E-state index is -0.172. The van der Waals surface area contributed by atoms with Crippen LogP contribution in [-0.2, 0) is 16.1 Å². The molecule has 0 saturated heterocycles. The molecule has 0 saturated carbocycles. The van der Waals surface area contributed by atoms with Gasteiger partial charge >= 0.3 is 0 Å². The summed E-state index contributed by atoms with van der Waals surface area (Å²) in [5, 5.41) is 3.33. The molecular weight excluding hydrogens is 316 g/mol. The van der Waals surface area contributed by atoms with Crippen LogP contribution < -0.4 is 15.0 Å². The molecule has 2 amide bonds. The number of rotatable bonds is 3. The van der Waals surface area contributed by atoms with Crippen LogP contribution in [0.4, 0.5) is 11.4 Å². The number of amides is 2. The molecule has 0 radical (unpaired) electrons. The van der Waals surface area contributed by atoms with E-state index in [4.69, 9.17) is 16.3 Å². The van der Waals surface area contributed by atoms with E-state index < -0.39 is 0 Å². The summed E-state index contributed by atoms with van der Waals surface area (Å²) in [5.41, 5.74) is 2.17. The highest BCUT2D eigenvalue weighted by molar-refractivity contribution is 6.30. The fourth-order valence-corrected chi connectivity index (χ4v) is 2.69. The van der Waals surface area contributed by atoms with E-state index in [9.17, 15) is 9.59 Å². The second-order valence-corrected chi connectivity index (χ2v) is 5.70. The first-order chi connectivity index (χ1) is 11.0. The SMILES string of the molecule is CC(=O)Nc1ccc2c(c1)N(Cc1cccc(Cl)c1)C(=O)CO2. The van der Waals surface area contributed by atoms with Crippen molar-refractivity contribution in [1.82, 2.24) is 0 Å². The van der Waals surface area contributed by atoms with Gasteiger partial charge in [-0.1, -0.05) is 23.7 Å². The van der Waals surface area contributed by atoms with Gasteiger partial charge in [0.1, 0.15) is 5.75 Å². The number of nitrogens with one attached hydrogen (secondary N) is 1. The summed E-state index contributed by atoms with van der Waals surface area (Å²) in [6.45, 7) is 1.82. The van der Waals surface area contributed by atoms with Crippen LogP contribution in [-0.4, -0.2) is 18.4 Å². The third-order valence-corrected chi connectivity index (χ3v) is 3.69. The summed E-state index contributed by atoms with van der Waals surface area (Å²) in [7, 11) is 0. The topological polar surface area (TPSA) is 58.6 Å². The maximum Gasteiger partial charge on any atom is 0.265 e. The second-order valence-electron chi connectivity index (χ2n) is 5.26. The molecule has 1 heterocycles. The van der Waals surface area contributed by atoms with Crippen molar-refractivity contribution in [2.75, 3.05) is 16.8 Å². The van der Waals surface area contributed by atoms with Crippen LogP contribution >= 0.6 is 11.6 Å². The first-order valence-corrected chi connectivity index (χ1v) is 7.50. The monoisotopic (exact) mass is 330 g/mol. The summed E-state index contributed by atoms with van der Waals surface area (Å²) in [6.07, 6.45) is 0. The van der Waals surface area contributed by atoms with Crippen molar-refractivity contribution in [1.29, 1.82) is 0 Å². The Morgan fingerprint density at radius 3 is 2.87 bits per heavy atom. The number of benzene rings is 2. The maximum absolute atomic E-state index is 12.3.